The molecule has 38 heavy (non-hydrogen) atoms. The van der Waals surface area contributed by atoms with Gasteiger partial charge in [0.15, 0.2) is 0 Å². The van der Waals surface area contributed by atoms with Gasteiger partial charge in [-0.3, -0.25) is 9.05 Å². The second-order valence-electron chi connectivity index (χ2n) is 10.7. The number of aliphatic hydroxyl groups excluding tert-OH is 3. The largest absolute Gasteiger partial charge is 0.472 e. The highest BCUT2D eigenvalue weighted by Crippen LogP contribution is 2.43. The number of aliphatic hydroxyl groups is 3. The third-order valence-corrected chi connectivity index (χ3v) is 7.72. The molecule has 0 aromatic carbocycles. The Balaban J connectivity index is 3.27. The van der Waals surface area contributed by atoms with Gasteiger partial charge in [-0.15, -0.1) is 0 Å². The van der Waals surface area contributed by atoms with Gasteiger partial charge in [-0.05, 0) is 6.42 Å². The number of hydrogen-bond acceptors (Lipinski definition) is 7. The topological polar surface area (TPSA) is 126 Å². The Labute approximate surface area is 233 Å². The molecule has 0 rings (SSSR count). The van der Waals surface area contributed by atoms with Crippen LogP contribution in [-0.2, 0) is 18.3 Å². The lowest BCUT2D eigenvalue weighted by atomic mass is 10.0. The summed E-state index contributed by atoms with van der Waals surface area (Å²) in [6, 6.07) is 0. The molecular formula is C29H61O8P. The molecule has 0 bridgehead atoms. The molecule has 3 unspecified atom stereocenters. The SMILES string of the molecule is CCCCCCCCCCCCCCCCCCCCCCCOCC(O)COP(=O)(O)OCC(O)CO. The smallest absolute Gasteiger partial charge is 0.394 e. The summed E-state index contributed by atoms with van der Waals surface area (Å²) < 4.78 is 26.2. The van der Waals surface area contributed by atoms with Gasteiger partial charge in [0.05, 0.1) is 26.4 Å². The summed E-state index contributed by atoms with van der Waals surface area (Å²) in [7, 11) is -4.38. The van der Waals surface area contributed by atoms with E-state index in [1.807, 2.05) is 0 Å². The first kappa shape index (κ1) is 38.0. The fourth-order valence-corrected chi connectivity index (χ4v) is 5.15. The number of hydrogen-bond donors (Lipinski definition) is 4. The van der Waals surface area contributed by atoms with Crippen molar-refractivity contribution in [3.8, 4) is 0 Å². The van der Waals surface area contributed by atoms with E-state index in [4.69, 9.17) is 14.9 Å². The Bertz CT molecular complexity index is 523. The molecule has 0 fully saturated rings. The fraction of sp³-hybridized carbons (Fsp3) is 1.00. The van der Waals surface area contributed by atoms with Gasteiger partial charge in [0.2, 0.25) is 0 Å². The van der Waals surface area contributed by atoms with E-state index < -0.39 is 39.9 Å². The molecule has 0 spiro atoms. The maximum Gasteiger partial charge on any atom is 0.472 e. The van der Waals surface area contributed by atoms with Crippen LogP contribution >= 0.6 is 7.82 Å². The quantitative estimate of drug-likeness (QED) is 0.0517. The molecular weight excluding hydrogens is 507 g/mol. The van der Waals surface area contributed by atoms with Crippen molar-refractivity contribution in [1.82, 2.24) is 0 Å². The van der Waals surface area contributed by atoms with Crippen LogP contribution in [0.15, 0.2) is 0 Å². The van der Waals surface area contributed by atoms with Crippen LogP contribution in [0.3, 0.4) is 0 Å². The maximum atomic E-state index is 11.6. The molecule has 0 aliphatic heterocycles. The van der Waals surface area contributed by atoms with Gasteiger partial charge in [-0.25, -0.2) is 4.57 Å². The van der Waals surface area contributed by atoms with Crippen molar-refractivity contribution in [2.45, 2.75) is 154 Å². The van der Waals surface area contributed by atoms with E-state index in [-0.39, 0.29) is 6.61 Å². The van der Waals surface area contributed by atoms with Gasteiger partial charge in [0.1, 0.15) is 12.2 Å². The summed E-state index contributed by atoms with van der Waals surface area (Å²) in [5, 5.41) is 27.5. The molecule has 3 atom stereocenters. The van der Waals surface area contributed by atoms with E-state index in [0.717, 1.165) is 12.8 Å². The lowest BCUT2D eigenvalue weighted by Gasteiger charge is -2.16. The number of unbranched alkanes of at least 4 members (excludes halogenated alkanes) is 20. The zero-order chi connectivity index (χ0) is 28.2. The summed E-state index contributed by atoms with van der Waals surface area (Å²) in [4.78, 5) is 9.43. The van der Waals surface area contributed by atoms with Crippen molar-refractivity contribution in [1.29, 1.82) is 0 Å². The molecule has 0 saturated heterocycles. The zero-order valence-corrected chi connectivity index (χ0v) is 25.3. The third kappa shape index (κ3) is 28.9. The molecule has 0 heterocycles. The molecule has 0 aromatic rings. The van der Waals surface area contributed by atoms with Crippen molar-refractivity contribution < 1.29 is 38.6 Å². The first-order valence-electron chi connectivity index (χ1n) is 15.6. The van der Waals surface area contributed by atoms with Gasteiger partial charge in [-0.1, -0.05) is 135 Å². The van der Waals surface area contributed by atoms with Gasteiger partial charge in [0.25, 0.3) is 0 Å². The standard InChI is InChI=1S/C29H61O8P/c1-2-3-4-5-6-7-8-9-10-11-12-13-14-15-16-17-18-19-20-21-22-23-35-25-29(32)27-37-38(33,34)36-26-28(31)24-30/h28-32H,2-27H2,1H3,(H,33,34). The van der Waals surface area contributed by atoms with E-state index in [1.54, 1.807) is 0 Å². The highest BCUT2D eigenvalue weighted by Gasteiger charge is 2.24. The van der Waals surface area contributed by atoms with Crippen molar-refractivity contribution >= 4 is 7.82 Å². The van der Waals surface area contributed by atoms with Crippen LogP contribution in [0, 0.1) is 0 Å². The van der Waals surface area contributed by atoms with Gasteiger partial charge in [-0.2, -0.15) is 0 Å². The Kier molecular flexibility index (Phi) is 28.4. The maximum absolute atomic E-state index is 11.6. The van der Waals surface area contributed by atoms with Crippen LogP contribution in [0.1, 0.15) is 142 Å². The van der Waals surface area contributed by atoms with Crippen molar-refractivity contribution in [2.24, 2.45) is 0 Å². The second-order valence-corrected chi connectivity index (χ2v) is 12.1. The predicted octanol–water partition coefficient (Wildman–Crippen LogP) is 7.06. The van der Waals surface area contributed by atoms with Crippen LogP contribution in [0.4, 0.5) is 0 Å². The minimum absolute atomic E-state index is 0.0124. The normalized spacial score (nSPS) is 15.0. The fourth-order valence-electron chi connectivity index (χ4n) is 4.35. The summed E-state index contributed by atoms with van der Waals surface area (Å²) in [6.45, 7) is 1.29. The summed E-state index contributed by atoms with van der Waals surface area (Å²) in [5.41, 5.74) is 0. The molecule has 9 heteroatoms. The number of phosphoric ester groups is 1. The highest BCUT2D eigenvalue weighted by molar-refractivity contribution is 7.47. The van der Waals surface area contributed by atoms with E-state index in [1.165, 1.54) is 122 Å². The van der Waals surface area contributed by atoms with Crippen LogP contribution in [0.5, 0.6) is 0 Å². The Morgan fingerprint density at radius 1 is 0.553 bits per heavy atom. The molecule has 0 aliphatic carbocycles. The van der Waals surface area contributed by atoms with Crippen molar-refractivity contribution in [3.05, 3.63) is 0 Å². The first-order valence-corrected chi connectivity index (χ1v) is 17.1. The zero-order valence-electron chi connectivity index (χ0n) is 24.4. The molecule has 0 aromatic heterocycles. The van der Waals surface area contributed by atoms with Gasteiger partial charge in [0, 0.05) is 6.61 Å². The first-order chi connectivity index (χ1) is 18.4. The van der Waals surface area contributed by atoms with Crippen LogP contribution < -0.4 is 0 Å². The Morgan fingerprint density at radius 2 is 0.895 bits per heavy atom. The average Bonchev–Trinajstić information content (AvgIpc) is 2.91. The lowest BCUT2D eigenvalue weighted by molar-refractivity contribution is -0.00437. The van der Waals surface area contributed by atoms with Crippen molar-refractivity contribution in [2.75, 3.05) is 33.0 Å². The summed E-state index contributed by atoms with van der Waals surface area (Å²) in [5.74, 6) is 0. The second kappa shape index (κ2) is 28.5. The summed E-state index contributed by atoms with van der Waals surface area (Å²) >= 11 is 0. The van der Waals surface area contributed by atoms with Crippen LogP contribution in [0.25, 0.3) is 0 Å². The minimum atomic E-state index is -4.38. The Morgan fingerprint density at radius 3 is 1.26 bits per heavy atom. The molecule has 0 aliphatic rings. The monoisotopic (exact) mass is 568 g/mol. The molecule has 0 saturated carbocycles. The number of ether oxygens (including phenoxy) is 1. The van der Waals surface area contributed by atoms with Crippen LogP contribution in [-0.4, -0.2) is 65.5 Å². The highest BCUT2D eigenvalue weighted by atomic mass is 31.2. The minimum Gasteiger partial charge on any atom is -0.394 e. The third-order valence-electron chi connectivity index (χ3n) is 6.77. The number of rotatable bonds is 31. The van der Waals surface area contributed by atoms with Crippen LogP contribution in [0.2, 0.25) is 0 Å². The Hall–Kier alpha value is -0.0500. The molecule has 4 N–H and O–H groups in total. The van der Waals surface area contributed by atoms with E-state index in [9.17, 15) is 14.6 Å². The number of phosphoric acid groups is 1. The molecule has 8 nitrogen and oxygen atoms in total. The predicted molar refractivity (Wildman–Crippen MR) is 154 cm³/mol. The lowest BCUT2D eigenvalue weighted by Crippen LogP contribution is -2.23. The van der Waals surface area contributed by atoms with Gasteiger partial charge < -0.3 is 24.9 Å². The van der Waals surface area contributed by atoms with E-state index in [2.05, 4.69) is 16.0 Å². The van der Waals surface area contributed by atoms with Gasteiger partial charge >= 0.3 is 7.82 Å². The van der Waals surface area contributed by atoms with Crippen molar-refractivity contribution in [3.63, 3.8) is 0 Å². The molecule has 230 valence electrons. The van der Waals surface area contributed by atoms with E-state index >= 15 is 0 Å². The summed E-state index contributed by atoms with van der Waals surface area (Å²) in [6.07, 6.45) is 25.9. The van der Waals surface area contributed by atoms with E-state index in [0.29, 0.717) is 6.61 Å². The molecule has 0 amide bonds. The average molecular weight is 569 g/mol. The molecule has 0 radical (unpaired) electrons.